The molecule has 7 nitrogen and oxygen atoms in total. The Morgan fingerprint density at radius 3 is 2.84 bits per heavy atom. The molecule has 1 aliphatic carbocycles. The van der Waals surface area contributed by atoms with Crippen molar-refractivity contribution in [2.24, 2.45) is 5.92 Å². The molecule has 7 heteroatoms. The lowest BCUT2D eigenvalue weighted by atomic mass is 9.72. The van der Waals surface area contributed by atoms with Crippen molar-refractivity contribution in [1.82, 2.24) is 9.88 Å². The molecule has 168 valence electrons. The van der Waals surface area contributed by atoms with Crippen molar-refractivity contribution in [1.29, 1.82) is 0 Å². The van der Waals surface area contributed by atoms with Crippen LogP contribution in [-0.2, 0) is 11.2 Å². The van der Waals surface area contributed by atoms with Gasteiger partial charge in [0, 0.05) is 53.3 Å². The fourth-order valence-electron chi connectivity index (χ4n) is 5.44. The summed E-state index contributed by atoms with van der Waals surface area (Å²) in [5, 5.41) is 4.17. The van der Waals surface area contributed by atoms with Crippen molar-refractivity contribution in [3.05, 3.63) is 53.7 Å². The molecule has 32 heavy (non-hydrogen) atoms. The van der Waals surface area contributed by atoms with Crippen LogP contribution in [0.25, 0.3) is 10.9 Å². The zero-order valence-electron chi connectivity index (χ0n) is 18.7. The Balaban J connectivity index is 1.24. The average Bonchev–Trinajstić information content (AvgIpc) is 3.22. The number of nitrogens with zero attached hydrogens (tertiary/aromatic N) is 1. The summed E-state index contributed by atoms with van der Waals surface area (Å²) >= 11 is 0. The van der Waals surface area contributed by atoms with Crippen LogP contribution in [0.2, 0.25) is 0 Å². The van der Waals surface area contributed by atoms with Gasteiger partial charge < -0.3 is 24.1 Å². The summed E-state index contributed by atoms with van der Waals surface area (Å²) in [5.74, 6) is 1.90. The highest BCUT2D eigenvalue weighted by Gasteiger charge is 2.39. The first-order chi connectivity index (χ1) is 15.6. The summed E-state index contributed by atoms with van der Waals surface area (Å²) in [6.45, 7) is 1.31. The van der Waals surface area contributed by atoms with E-state index in [4.69, 9.17) is 14.2 Å². The Labute approximate surface area is 187 Å². The zero-order chi connectivity index (χ0) is 22.2. The van der Waals surface area contributed by atoms with E-state index in [-0.39, 0.29) is 5.92 Å². The number of aromatic nitrogens is 1. The minimum absolute atomic E-state index is 0.285. The molecule has 5 rings (SSSR count). The van der Waals surface area contributed by atoms with Crippen molar-refractivity contribution < 1.29 is 19.0 Å². The first-order valence-corrected chi connectivity index (χ1v) is 11.0. The molecule has 0 spiro atoms. The molecule has 1 aromatic heterocycles. The van der Waals surface area contributed by atoms with Gasteiger partial charge >= 0.3 is 6.09 Å². The highest BCUT2D eigenvalue weighted by atomic mass is 16.5. The van der Waals surface area contributed by atoms with Crippen molar-refractivity contribution in [3.8, 4) is 11.5 Å². The molecule has 2 heterocycles. The third-order valence-electron chi connectivity index (χ3n) is 6.89. The van der Waals surface area contributed by atoms with E-state index in [1.807, 2.05) is 0 Å². The number of methoxy groups -OCH3 is 2. The number of nitrogens with one attached hydrogen (secondary N) is 2. The fourth-order valence-corrected chi connectivity index (χ4v) is 5.44. The van der Waals surface area contributed by atoms with Gasteiger partial charge in [-0.15, -0.1) is 0 Å². The van der Waals surface area contributed by atoms with Crippen LogP contribution in [0.4, 0.5) is 10.5 Å². The molecule has 0 bridgehead atoms. The first kappa shape index (κ1) is 20.7. The topological polar surface area (TPSA) is 75.8 Å². The van der Waals surface area contributed by atoms with Gasteiger partial charge in [-0.05, 0) is 49.2 Å². The third-order valence-corrected chi connectivity index (χ3v) is 6.89. The third kappa shape index (κ3) is 3.66. The lowest BCUT2D eigenvalue weighted by molar-refractivity contribution is 0.0666. The Kier molecular flexibility index (Phi) is 5.43. The molecule has 3 atom stereocenters. The number of likely N-dealkylation sites (tertiary alicyclic amines) is 1. The summed E-state index contributed by atoms with van der Waals surface area (Å²) < 4.78 is 16.1. The number of amides is 1. The molecule has 0 radical (unpaired) electrons. The van der Waals surface area contributed by atoms with E-state index in [0.717, 1.165) is 19.4 Å². The van der Waals surface area contributed by atoms with Gasteiger partial charge in [-0.3, -0.25) is 5.32 Å². The van der Waals surface area contributed by atoms with Crippen molar-refractivity contribution in [3.63, 3.8) is 0 Å². The maximum Gasteiger partial charge on any atom is 0.411 e. The van der Waals surface area contributed by atoms with E-state index in [0.29, 0.717) is 35.8 Å². The maximum atomic E-state index is 12.4. The number of benzene rings is 2. The lowest BCUT2D eigenvalue weighted by Crippen LogP contribution is -2.48. The number of likely N-dealkylation sites (N-methyl/N-ethyl adjacent to an activating group) is 1. The molecule has 2 aliphatic rings. The summed E-state index contributed by atoms with van der Waals surface area (Å²) in [6, 6.07) is 12.3. The first-order valence-electron chi connectivity index (χ1n) is 11.0. The summed E-state index contributed by atoms with van der Waals surface area (Å²) in [5.41, 5.74) is 4.65. The molecule has 1 saturated heterocycles. The summed E-state index contributed by atoms with van der Waals surface area (Å²) in [7, 11) is 5.33. The van der Waals surface area contributed by atoms with Gasteiger partial charge in [0.2, 0.25) is 0 Å². The molecular formula is C25H29N3O4. The van der Waals surface area contributed by atoms with Crippen molar-refractivity contribution in [2.45, 2.75) is 24.8 Å². The Bertz CT molecular complexity index is 1140. The van der Waals surface area contributed by atoms with Crippen LogP contribution in [0.3, 0.4) is 0 Å². The van der Waals surface area contributed by atoms with Gasteiger partial charge in [0.05, 0.1) is 20.8 Å². The minimum atomic E-state index is -0.458. The fraction of sp³-hybridized carbons (Fsp3) is 0.400. The monoisotopic (exact) mass is 435 g/mol. The van der Waals surface area contributed by atoms with E-state index in [9.17, 15) is 4.79 Å². The predicted molar refractivity (Wildman–Crippen MR) is 124 cm³/mol. The Morgan fingerprint density at radius 1 is 1.19 bits per heavy atom. The zero-order valence-corrected chi connectivity index (χ0v) is 18.7. The van der Waals surface area contributed by atoms with Gasteiger partial charge in [0.1, 0.15) is 0 Å². The Hall–Kier alpha value is -3.19. The summed E-state index contributed by atoms with van der Waals surface area (Å²) in [4.78, 5) is 18.3. The Morgan fingerprint density at radius 2 is 2.03 bits per heavy atom. The molecule has 1 fully saturated rings. The second kappa shape index (κ2) is 8.39. The van der Waals surface area contributed by atoms with Crippen LogP contribution >= 0.6 is 0 Å². The number of piperidine rings is 1. The van der Waals surface area contributed by atoms with Gasteiger partial charge in [-0.25, -0.2) is 4.79 Å². The quantitative estimate of drug-likeness (QED) is 0.622. The van der Waals surface area contributed by atoms with Gasteiger partial charge in [-0.1, -0.05) is 12.1 Å². The number of rotatable bonds is 5. The molecule has 1 amide bonds. The van der Waals surface area contributed by atoms with E-state index in [1.165, 1.54) is 22.0 Å². The molecule has 2 aromatic carbocycles. The predicted octanol–water partition coefficient (Wildman–Crippen LogP) is 4.39. The number of anilines is 1. The van der Waals surface area contributed by atoms with Crippen molar-refractivity contribution >= 4 is 22.7 Å². The molecule has 3 aromatic rings. The van der Waals surface area contributed by atoms with E-state index in [1.54, 1.807) is 32.4 Å². The SMILES string of the molecule is COc1ccc(NC(=O)OCC2C[C@H]3c4cccc5[nH]cc(c45)C[C@@H]3N(C)C2)cc1OC. The number of aromatic amines is 1. The van der Waals surface area contributed by atoms with Crippen LogP contribution in [0.1, 0.15) is 23.5 Å². The second-order valence-corrected chi connectivity index (χ2v) is 8.80. The van der Waals surface area contributed by atoms with Gasteiger partial charge in [0.25, 0.3) is 0 Å². The number of H-pyrrole nitrogens is 1. The molecular weight excluding hydrogens is 406 g/mol. The van der Waals surface area contributed by atoms with Crippen LogP contribution < -0.4 is 14.8 Å². The molecule has 0 saturated carbocycles. The number of fused-ring (bicyclic) bond motifs is 2. The smallest absolute Gasteiger partial charge is 0.411 e. The largest absolute Gasteiger partial charge is 0.493 e. The van der Waals surface area contributed by atoms with E-state index in [2.05, 4.69) is 46.6 Å². The minimum Gasteiger partial charge on any atom is -0.493 e. The van der Waals surface area contributed by atoms with Crippen molar-refractivity contribution in [2.75, 3.05) is 39.7 Å². The van der Waals surface area contributed by atoms with Gasteiger partial charge in [0.15, 0.2) is 11.5 Å². The number of carbonyl (C=O) groups excluding carboxylic acids is 1. The van der Waals surface area contributed by atoms with E-state index < -0.39 is 6.09 Å². The van der Waals surface area contributed by atoms with E-state index >= 15 is 0 Å². The van der Waals surface area contributed by atoms with Crippen LogP contribution in [-0.4, -0.2) is 56.4 Å². The maximum absolute atomic E-state index is 12.4. The normalized spacial score (nSPS) is 22.3. The van der Waals surface area contributed by atoms with Crippen LogP contribution in [0.15, 0.2) is 42.6 Å². The molecule has 1 aliphatic heterocycles. The highest BCUT2D eigenvalue weighted by Crippen LogP contribution is 2.44. The standard InChI is InChI=1S/C25H29N3O4/c1-28-13-15(14-32-25(29)27-17-7-8-22(30-2)23(11-17)31-3)9-19-18-5-4-6-20-24(18)16(12-26-20)10-21(19)28/h4-8,11-12,15,19,21,26H,9-10,13-14H2,1-3H3,(H,27,29)/t15?,19-,21-/m0/s1. The summed E-state index contributed by atoms with van der Waals surface area (Å²) in [6.07, 6.45) is 3.78. The molecule has 1 unspecified atom stereocenters. The number of ether oxygens (including phenoxy) is 3. The van der Waals surface area contributed by atoms with Crippen LogP contribution in [0.5, 0.6) is 11.5 Å². The van der Waals surface area contributed by atoms with Gasteiger partial charge in [-0.2, -0.15) is 0 Å². The lowest BCUT2D eigenvalue weighted by Gasteiger charge is -2.45. The number of hydrogen-bond acceptors (Lipinski definition) is 5. The highest BCUT2D eigenvalue weighted by molar-refractivity contribution is 5.88. The number of hydrogen-bond donors (Lipinski definition) is 2. The molecule has 2 N–H and O–H groups in total. The number of carbonyl (C=O) groups is 1. The van der Waals surface area contributed by atoms with Crippen LogP contribution in [0, 0.1) is 5.92 Å². The average molecular weight is 436 g/mol. The second-order valence-electron chi connectivity index (χ2n) is 8.80.